The first-order chi connectivity index (χ1) is 12.9. The lowest BCUT2D eigenvalue weighted by molar-refractivity contribution is -0.645. The molecule has 3 rings (SSSR count). The number of hydrogen-bond donors (Lipinski definition) is 3. The largest absolute Gasteiger partial charge is 0.478 e. The van der Waals surface area contributed by atoms with Gasteiger partial charge in [-0.1, -0.05) is 24.3 Å². The number of hydrogen-bond acceptors (Lipinski definition) is 4. The van der Waals surface area contributed by atoms with E-state index >= 15 is 0 Å². The first-order valence-corrected chi connectivity index (χ1v) is 10.3. The molecule has 0 spiro atoms. The summed E-state index contributed by atoms with van der Waals surface area (Å²) >= 11 is 0. The van der Waals surface area contributed by atoms with Gasteiger partial charge in [0.15, 0.2) is 6.54 Å². The number of nitrogens with two attached hydrogens (primary N) is 1. The monoisotopic (exact) mass is 388 g/mol. The normalized spacial score (nSPS) is 11.9. The Balaban J connectivity index is 2.04. The quantitative estimate of drug-likeness (QED) is 0.397. The Kier molecular flexibility index (Phi) is 5.69. The van der Waals surface area contributed by atoms with Gasteiger partial charge in [0.2, 0.25) is 21.1 Å². The molecular formula is C19H22N3O4S+. The van der Waals surface area contributed by atoms with Gasteiger partial charge in [-0.2, -0.15) is 4.57 Å². The molecule has 0 fully saturated rings. The second-order valence-corrected chi connectivity index (χ2v) is 8.15. The Labute approximate surface area is 157 Å². The first-order valence-electron chi connectivity index (χ1n) is 8.68. The van der Waals surface area contributed by atoms with E-state index in [1.807, 2.05) is 28.8 Å². The molecule has 8 heteroatoms. The summed E-state index contributed by atoms with van der Waals surface area (Å²) in [7, 11) is -3.38. The van der Waals surface area contributed by atoms with Crippen molar-refractivity contribution in [3.8, 4) is 0 Å². The van der Waals surface area contributed by atoms with E-state index in [0.29, 0.717) is 23.7 Å². The van der Waals surface area contributed by atoms with Gasteiger partial charge in [0.1, 0.15) is 0 Å². The van der Waals surface area contributed by atoms with Crippen LogP contribution < -0.4 is 15.0 Å². The third-order valence-corrected chi connectivity index (χ3v) is 5.87. The number of carbonyl (C=O) groups is 1. The smallest absolute Gasteiger partial charge is 0.337 e. The summed E-state index contributed by atoms with van der Waals surface area (Å²) in [6.07, 6.45) is 0.394. The maximum Gasteiger partial charge on any atom is 0.337 e. The topological polar surface area (TPSA) is 113 Å². The third kappa shape index (κ3) is 4.08. The average molecular weight is 388 g/mol. The summed E-state index contributed by atoms with van der Waals surface area (Å²) in [4.78, 5) is 11.9. The molecule has 0 aliphatic rings. The van der Waals surface area contributed by atoms with Gasteiger partial charge in [-0.25, -0.2) is 17.9 Å². The Hall–Kier alpha value is -2.55. The Morgan fingerprint density at radius 1 is 1.04 bits per heavy atom. The highest BCUT2D eigenvalue weighted by Gasteiger charge is 2.23. The minimum atomic E-state index is -3.38. The SMILES string of the molecule is NCCNS(=O)(=O)CCC[n+]1c2ccccc2c(C(=O)O)c2ccccc21. The van der Waals surface area contributed by atoms with Crippen molar-refractivity contribution in [2.45, 2.75) is 13.0 Å². The van der Waals surface area contributed by atoms with Crippen molar-refractivity contribution in [2.24, 2.45) is 5.73 Å². The lowest BCUT2D eigenvalue weighted by Gasteiger charge is -2.10. The van der Waals surface area contributed by atoms with Crippen LogP contribution in [0.1, 0.15) is 16.8 Å². The van der Waals surface area contributed by atoms with Crippen LogP contribution in [0.25, 0.3) is 21.8 Å². The molecule has 4 N–H and O–H groups in total. The van der Waals surface area contributed by atoms with Crippen molar-refractivity contribution in [2.75, 3.05) is 18.8 Å². The van der Waals surface area contributed by atoms with E-state index < -0.39 is 16.0 Å². The summed E-state index contributed by atoms with van der Waals surface area (Å²) in [6, 6.07) is 14.6. The van der Waals surface area contributed by atoms with Gasteiger partial charge in [-0.05, 0) is 12.1 Å². The number of pyridine rings is 1. The fraction of sp³-hybridized carbons (Fsp3) is 0.263. The van der Waals surface area contributed by atoms with E-state index in [-0.39, 0.29) is 24.4 Å². The van der Waals surface area contributed by atoms with E-state index in [0.717, 1.165) is 11.0 Å². The lowest BCUT2D eigenvalue weighted by Crippen LogP contribution is -2.38. The number of rotatable bonds is 8. The number of nitrogens with zero attached hydrogens (tertiary/aromatic N) is 1. The molecule has 0 aliphatic carbocycles. The molecule has 0 unspecified atom stereocenters. The van der Waals surface area contributed by atoms with Gasteiger partial charge in [-0.15, -0.1) is 0 Å². The van der Waals surface area contributed by atoms with Crippen LogP contribution in [-0.2, 0) is 16.6 Å². The number of benzene rings is 2. The molecule has 1 aromatic heterocycles. The van der Waals surface area contributed by atoms with Crippen molar-refractivity contribution in [3.63, 3.8) is 0 Å². The number of fused-ring (bicyclic) bond motifs is 2. The molecule has 0 amide bonds. The predicted molar refractivity (Wildman–Crippen MR) is 104 cm³/mol. The van der Waals surface area contributed by atoms with Crippen LogP contribution in [0.3, 0.4) is 0 Å². The molecule has 3 aromatic rings. The van der Waals surface area contributed by atoms with Crippen molar-refractivity contribution in [1.29, 1.82) is 0 Å². The van der Waals surface area contributed by atoms with E-state index in [4.69, 9.17) is 5.73 Å². The fourth-order valence-electron chi connectivity index (χ4n) is 3.29. The van der Waals surface area contributed by atoms with Crippen LogP contribution in [-0.4, -0.2) is 38.3 Å². The minimum Gasteiger partial charge on any atom is -0.478 e. The highest BCUT2D eigenvalue weighted by Crippen LogP contribution is 2.25. The molecule has 0 bridgehead atoms. The number of nitrogens with one attached hydrogen (secondary N) is 1. The van der Waals surface area contributed by atoms with Gasteiger partial charge >= 0.3 is 5.97 Å². The summed E-state index contributed by atoms with van der Waals surface area (Å²) in [5.41, 5.74) is 7.13. The number of para-hydroxylation sites is 2. The summed E-state index contributed by atoms with van der Waals surface area (Å²) in [5, 5.41) is 11.0. The van der Waals surface area contributed by atoms with Gasteiger partial charge in [0, 0.05) is 31.6 Å². The number of carboxylic acids is 1. The highest BCUT2D eigenvalue weighted by molar-refractivity contribution is 7.89. The zero-order valence-corrected chi connectivity index (χ0v) is 15.6. The zero-order chi connectivity index (χ0) is 19.4. The van der Waals surface area contributed by atoms with E-state index in [2.05, 4.69) is 4.72 Å². The molecule has 142 valence electrons. The van der Waals surface area contributed by atoms with Gasteiger partial charge in [-0.3, -0.25) is 0 Å². The summed E-state index contributed by atoms with van der Waals surface area (Å²) in [5.74, 6) is -1.01. The second-order valence-electron chi connectivity index (χ2n) is 6.22. The van der Waals surface area contributed by atoms with Crippen LogP contribution >= 0.6 is 0 Å². The van der Waals surface area contributed by atoms with E-state index in [1.165, 1.54) is 0 Å². The Bertz CT molecular complexity index is 1040. The molecule has 7 nitrogen and oxygen atoms in total. The number of sulfonamides is 1. The fourth-order valence-corrected chi connectivity index (χ4v) is 4.37. The maximum absolute atomic E-state index is 12.0. The predicted octanol–water partition coefficient (Wildman–Crippen LogP) is 1.25. The van der Waals surface area contributed by atoms with Crippen LogP contribution in [0.4, 0.5) is 0 Å². The van der Waals surface area contributed by atoms with Gasteiger partial charge < -0.3 is 10.8 Å². The molecule has 0 saturated heterocycles. The Morgan fingerprint density at radius 2 is 1.59 bits per heavy atom. The molecule has 27 heavy (non-hydrogen) atoms. The summed E-state index contributed by atoms with van der Waals surface area (Å²) < 4.78 is 28.4. The molecule has 0 atom stereocenters. The van der Waals surface area contributed by atoms with E-state index in [1.54, 1.807) is 24.3 Å². The van der Waals surface area contributed by atoms with Crippen molar-refractivity contribution in [1.82, 2.24) is 4.72 Å². The van der Waals surface area contributed by atoms with Crippen LogP contribution in [0.5, 0.6) is 0 Å². The molecule has 0 radical (unpaired) electrons. The Morgan fingerprint density at radius 3 is 2.11 bits per heavy atom. The van der Waals surface area contributed by atoms with Crippen LogP contribution in [0.15, 0.2) is 48.5 Å². The van der Waals surface area contributed by atoms with Crippen LogP contribution in [0, 0.1) is 0 Å². The lowest BCUT2D eigenvalue weighted by atomic mass is 10.0. The number of aryl methyl sites for hydroxylation is 1. The zero-order valence-electron chi connectivity index (χ0n) is 14.8. The summed E-state index contributed by atoms with van der Waals surface area (Å²) in [6.45, 7) is 0.916. The molecular weight excluding hydrogens is 366 g/mol. The second kappa shape index (κ2) is 7.99. The van der Waals surface area contributed by atoms with E-state index in [9.17, 15) is 18.3 Å². The average Bonchev–Trinajstić information content (AvgIpc) is 2.65. The number of carboxylic acid groups (broad SMARTS) is 1. The van der Waals surface area contributed by atoms with Crippen molar-refractivity contribution in [3.05, 3.63) is 54.1 Å². The van der Waals surface area contributed by atoms with Gasteiger partial charge in [0.05, 0.1) is 22.1 Å². The third-order valence-electron chi connectivity index (χ3n) is 4.40. The van der Waals surface area contributed by atoms with Crippen LogP contribution in [0.2, 0.25) is 0 Å². The molecule has 1 heterocycles. The molecule has 0 saturated carbocycles. The number of aromatic carboxylic acids is 1. The van der Waals surface area contributed by atoms with Crippen molar-refractivity contribution >= 4 is 37.8 Å². The number of aromatic nitrogens is 1. The molecule has 2 aromatic carbocycles. The van der Waals surface area contributed by atoms with Crippen molar-refractivity contribution < 1.29 is 22.9 Å². The minimum absolute atomic E-state index is 0.0245. The molecule has 0 aliphatic heterocycles. The standard InChI is InChI=1S/C19H21N3O4S/c20-10-11-21-27(25,26)13-5-12-22-16-8-3-1-6-14(16)18(19(23)24)15-7-2-4-9-17(15)22/h1-4,6-9,21H,5,10-13,20H2/p+1. The maximum atomic E-state index is 12.0. The highest BCUT2D eigenvalue weighted by atomic mass is 32.2. The first kappa shape index (κ1) is 19.2. The van der Waals surface area contributed by atoms with Gasteiger partial charge in [0.25, 0.3) is 0 Å².